The first kappa shape index (κ1) is 25.8. The second kappa shape index (κ2) is 31.2. The normalized spacial score (nSPS) is 1.43. The van der Waals surface area contributed by atoms with Crippen molar-refractivity contribution >= 4 is 13.5 Å². The maximum atomic E-state index is 7.26. The van der Waals surface area contributed by atoms with Gasteiger partial charge in [-0.25, -0.2) is 0 Å². The summed E-state index contributed by atoms with van der Waals surface area (Å²) in [4.78, 5) is 0. The minimum absolute atomic E-state index is 0. The summed E-state index contributed by atoms with van der Waals surface area (Å²) in [5.41, 5.74) is 0. The van der Waals surface area contributed by atoms with E-state index in [-0.39, 0.29) is 51.2 Å². The van der Waals surface area contributed by atoms with Crippen LogP contribution < -0.4 is 37.7 Å². The molecule has 0 spiro atoms. The Morgan fingerprint density at radius 1 is 0.857 bits per heavy atom. The van der Waals surface area contributed by atoms with Crippen molar-refractivity contribution in [2.75, 3.05) is 0 Å². The molecule has 0 amide bonds. The third-order valence-electron chi connectivity index (χ3n) is 0.0500. The van der Waals surface area contributed by atoms with E-state index in [0.29, 0.717) is 0 Å². The van der Waals surface area contributed by atoms with Gasteiger partial charge < -0.3 is 13.5 Å². The predicted molar refractivity (Wildman–Crippen MR) is 18.6 cm³/mol. The van der Waals surface area contributed by atoms with Crippen LogP contribution in [0.3, 0.4) is 0 Å². The molecular weight excluding hydrogens is 98.0 g/mol. The van der Waals surface area contributed by atoms with Crippen molar-refractivity contribution in [1.82, 2.24) is 0 Å². The summed E-state index contributed by atoms with van der Waals surface area (Å²) >= 11 is 0. The Morgan fingerprint density at radius 3 is 1.00 bits per heavy atom. The molecule has 0 rings (SSSR count). The van der Waals surface area contributed by atoms with Crippen LogP contribution in [0, 0.1) is 22.7 Å². The van der Waals surface area contributed by atoms with Gasteiger partial charge in [-0.1, -0.05) is 0 Å². The fraction of sp³-hybridized carbons (Fsp3) is 0. The summed E-state index contributed by atoms with van der Waals surface area (Å²) < 4.78 is 0. The summed E-state index contributed by atoms with van der Waals surface area (Å²) in [6, 6.07) is 2.47. The van der Waals surface area contributed by atoms with Crippen LogP contribution in [0.2, 0.25) is 0 Å². The molecule has 2 nitrogen and oxygen atoms in total. The first-order valence-electron chi connectivity index (χ1n) is 0.697. The van der Waals surface area contributed by atoms with Crippen LogP contribution in [-0.2, 0) is 13.5 Å². The molecule has 0 heterocycles. The summed E-state index contributed by atoms with van der Waals surface area (Å²) in [5, 5.41) is 14.5. The van der Waals surface area contributed by atoms with Gasteiger partial charge in [0.2, 0.25) is 0 Å². The van der Waals surface area contributed by atoms with Gasteiger partial charge in [0.1, 0.15) is 0 Å². The van der Waals surface area contributed by atoms with Gasteiger partial charge in [0.15, 0.2) is 12.1 Å². The molecule has 0 N–H and O–H groups in total. The number of rotatable bonds is 0. The minimum atomic E-state index is 0. The van der Waals surface area contributed by atoms with Crippen LogP contribution in [-0.4, -0.2) is 0 Å². The van der Waals surface area contributed by atoms with E-state index in [0.717, 1.165) is 0 Å². The number of hydrogen-bond donors (Lipinski definition) is 0. The zero-order chi connectivity index (χ0) is 3.41. The average molecular weight is 98.0 g/mol. The summed E-state index contributed by atoms with van der Waals surface area (Å²) in [6.45, 7) is 0. The predicted octanol–water partition coefficient (Wildman–Crippen LogP) is -5.96. The molecule has 0 unspecified atom stereocenters. The molecule has 0 aromatic heterocycles. The van der Waals surface area contributed by atoms with Crippen molar-refractivity contribution in [3.8, 4) is 12.1 Å². The van der Waals surface area contributed by atoms with Crippen LogP contribution in [0.1, 0.15) is 0 Å². The third kappa shape index (κ3) is 57.5. The topological polar surface area (TPSA) is 47.6 Å². The van der Waals surface area contributed by atoms with Gasteiger partial charge in [0.25, 0.3) is 0 Å². The maximum absolute atomic E-state index is 7.26. The molecule has 0 aliphatic rings. The Bertz CT molecular complexity index is 68.7. The summed E-state index contributed by atoms with van der Waals surface area (Å²) in [5.74, 6) is 0. The molecule has 0 aliphatic heterocycles. The van der Waals surface area contributed by atoms with Crippen LogP contribution in [0.5, 0.6) is 0 Å². The largest absolute Gasteiger partial charge is 2.00 e. The summed E-state index contributed by atoms with van der Waals surface area (Å²) in [7, 11) is 0. The molecule has 5 heteroatoms. The number of nitrogens with zero attached hydrogens (tertiary/aromatic N) is 2. The Balaban J connectivity index is -0.0000000150. The molecule has 0 radical (unpaired) electrons. The molecule has 0 saturated carbocycles. The van der Waals surface area contributed by atoms with Crippen molar-refractivity contribution < 1.29 is 37.7 Å². The zero-order valence-corrected chi connectivity index (χ0v) is 5.12. The molecule has 0 saturated heterocycles. The Morgan fingerprint density at radius 2 is 1.00 bits per heavy atom. The Hall–Kier alpha value is 0.525. The van der Waals surface area contributed by atoms with E-state index in [1.165, 1.54) is 12.1 Å². The van der Waals surface area contributed by atoms with Crippen molar-refractivity contribution in [3.05, 3.63) is 0 Å². The molecule has 26 valence electrons. The average Bonchev–Trinajstić information content (AvgIpc) is 1.37. The molecule has 0 aliphatic carbocycles. The molecule has 0 bridgehead atoms. The quantitative estimate of drug-likeness (QED) is 0.283. The van der Waals surface area contributed by atoms with Gasteiger partial charge in [0.05, 0.1) is 0 Å². The molecular formula is C2Li2N2S. The van der Waals surface area contributed by atoms with Gasteiger partial charge in [-0.05, 0) is 0 Å². The van der Waals surface area contributed by atoms with E-state index in [2.05, 4.69) is 0 Å². The maximum Gasteiger partial charge on any atom is 1.00 e. The standard InChI is InChI=1S/C2N2.2Li.S/c3-1-2-4;;;/q;2*+1;-2. The van der Waals surface area contributed by atoms with E-state index in [1.807, 2.05) is 0 Å². The third-order valence-corrected chi connectivity index (χ3v) is 0.0500. The fourth-order valence-electron chi connectivity index (χ4n) is 0. The summed E-state index contributed by atoms with van der Waals surface area (Å²) in [6.07, 6.45) is 0. The second-order valence-electron chi connectivity index (χ2n) is 0.224. The molecule has 0 atom stereocenters. The van der Waals surface area contributed by atoms with Crippen LogP contribution in [0.15, 0.2) is 0 Å². The van der Waals surface area contributed by atoms with E-state index >= 15 is 0 Å². The van der Waals surface area contributed by atoms with Gasteiger partial charge in [-0.15, -0.1) is 0 Å². The van der Waals surface area contributed by atoms with Crippen LogP contribution >= 0.6 is 0 Å². The van der Waals surface area contributed by atoms with Gasteiger partial charge in [-0.2, -0.15) is 10.5 Å². The van der Waals surface area contributed by atoms with Crippen LogP contribution in [0.25, 0.3) is 0 Å². The molecule has 0 fully saturated rings. The minimum Gasteiger partial charge on any atom is -2.00 e. The van der Waals surface area contributed by atoms with E-state index in [4.69, 9.17) is 10.5 Å². The SMILES string of the molecule is N#CC#N.[Li+].[Li+].[S-2]. The smallest absolute Gasteiger partial charge is 1.00 e. The molecule has 0 aromatic carbocycles. The van der Waals surface area contributed by atoms with Crippen molar-refractivity contribution in [2.24, 2.45) is 0 Å². The Labute approximate surface area is 73.7 Å². The number of nitriles is 2. The molecule has 0 aromatic rings. The van der Waals surface area contributed by atoms with Crippen LogP contribution in [0.4, 0.5) is 0 Å². The first-order valence-corrected chi connectivity index (χ1v) is 0.697. The monoisotopic (exact) mass is 98.0 g/mol. The van der Waals surface area contributed by atoms with E-state index < -0.39 is 0 Å². The van der Waals surface area contributed by atoms with Crippen molar-refractivity contribution in [1.29, 1.82) is 10.5 Å². The van der Waals surface area contributed by atoms with E-state index in [9.17, 15) is 0 Å². The van der Waals surface area contributed by atoms with E-state index in [1.54, 1.807) is 0 Å². The van der Waals surface area contributed by atoms with Crippen molar-refractivity contribution in [3.63, 3.8) is 0 Å². The Kier molecular flexibility index (Phi) is 115. The first-order chi connectivity index (χ1) is 1.91. The second-order valence-corrected chi connectivity index (χ2v) is 0.224. The zero-order valence-electron chi connectivity index (χ0n) is 4.30. The van der Waals surface area contributed by atoms with Gasteiger partial charge in [0, 0.05) is 0 Å². The van der Waals surface area contributed by atoms with Crippen molar-refractivity contribution in [2.45, 2.75) is 0 Å². The fourth-order valence-corrected chi connectivity index (χ4v) is 0. The number of hydrogen-bond acceptors (Lipinski definition) is 2. The van der Waals surface area contributed by atoms with Gasteiger partial charge in [-0.3, -0.25) is 0 Å². The van der Waals surface area contributed by atoms with Gasteiger partial charge >= 0.3 is 37.7 Å². The molecule has 7 heavy (non-hydrogen) atoms.